The van der Waals surface area contributed by atoms with Gasteiger partial charge in [0.05, 0.1) is 0 Å². The van der Waals surface area contributed by atoms with E-state index in [2.05, 4.69) is 17.4 Å². The highest BCUT2D eigenvalue weighted by Crippen LogP contribution is 2.18. The largest absolute Gasteiger partial charge is 0.314 e. The number of hydrogen-bond donors (Lipinski definition) is 1. The van der Waals surface area contributed by atoms with Crippen LogP contribution in [0, 0.1) is 0 Å². The summed E-state index contributed by atoms with van der Waals surface area (Å²) < 4.78 is 11.8. The highest BCUT2D eigenvalue weighted by molar-refractivity contribution is 7.99. The van der Waals surface area contributed by atoms with Crippen LogP contribution < -0.4 is 11.1 Å². The number of halogens is 1. The molecule has 0 heterocycles. The average molecular weight is 241 g/mol. The average Bonchev–Trinajstić information content (AvgIpc) is 2.33. The molecule has 1 radical (unpaired) electrons. The van der Waals surface area contributed by atoms with Crippen LogP contribution in [0.3, 0.4) is 0 Å². The summed E-state index contributed by atoms with van der Waals surface area (Å²) in [7, 11) is 0. The third kappa shape index (κ3) is 6.10. The van der Waals surface area contributed by atoms with E-state index in [1.807, 2.05) is 18.2 Å². The van der Waals surface area contributed by atoms with E-state index < -0.39 is 0 Å². The van der Waals surface area contributed by atoms with Crippen LogP contribution in [0.1, 0.15) is 6.42 Å². The fourth-order valence-electron chi connectivity index (χ4n) is 1.26. The standard InChI is InChI=1S/C12H18FN2S/c13-7-9-15-8-6-11(14)10-16-12-4-2-1-3-5-12/h1-5,11,14-15H,6-10H2/t11-/m1/s1. The first kappa shape index (κ1) is 13.5. The first-order valence-corrected chi connectivity index (χ1v) is 6.47. The fourth-order valence-corrected chi connectivity index (χ4v) is 2.17. The van der Waals surface area contributed by atoms with Crippen molar-refractivity contribution in [3.8, 4) is 0 Å². The van der Waals surface area contributed by atoms with E-state index in [1.54, 1.807) is 11.8 Å². The fraction of sp³-hybridized carbons (Fsp3) is 0.500. The van der Waals surface area contributed by atoms with Crippen molar-refractivity contribution < 1.29 is 4.39 Å². The molecule has 0 aliphatic rings. The molecule has 2 nitrogen and oxygen atoms in total. The second kappa shape index (κ2) is 8.56. The highest BCUT2D eigenvalue weighted by atomic mass is 32.2. The lowest BCUT2D eigenvalue weighted by Gasteiger charge is -2.10. The first-order valence-electron chi connectivity index (χ1n) is 5.48. The SMILES string of the molecule is [NH][C@H](CCNCCF)CSc1ccccc1. The van der Waals surface area contributed by atoms with E-state index in [9.17, 15) is 4.39 Å². The predicted molar refractivity (Wildman–Crippen MR) is 67.5 cm³/mol. The van der Waals surface area contributed by atoms with Crippen molar-refractivity contribution in [2.45, 2.75) is 17.4 Å². The number of rotatable bonds is 8. The summed E-state index contributed by atoms with van der Waals surface area (Å²) in [6.45, 7) is 0.799. The Balaban J connectivity index is 2.08. The summed E-state index contributed by atoms with van der Waals surface area (Å²) in [6.07, 6.45) is 0.778. The van der Waals surface area contributed by atoms with Gasteiger partial charge in [-0.3, -0.25) is 5.73 Å². The molecule has 0 bridgehead atoms. The van der Waals surface area contributed by atoms with Crippen LogP contribution in [0.25, 0.3) is 0 Å². The zero-order valence-electron chi connectivity index (χ0n) is 9.29. The Morgan fingerprint density at radius 2 is 2.00 bits per heavy atom. The third-order valence-corrected chi connectivity index (χ3v) is 3.31. The lowest BCUT2D eigenvalue weighted by molar-refractivity contribution is 0.459. The molecule has 0 aromatic heterocycles. The maximum Gasteiger partial charge on any atom is 0.102 e. The van der Waals surface area contributed by atoms with E-state index in [1.165, 1.54) is 4.90 Å². The Morgan fingerprint density at radius 3 is 2.69 bits per heavy atom. The highest BCUT2D eigenvalue weighted by Gasteiger charge is 2.03. The van der Waals surface area contributed by atoms with Gasteiger partial charge in [0.2, 0.25) is 0 Å². The Bertz CT molecular complexity index is 269. The summed E-state index contributed by atoms with van der Waals surface area (Å²) in [4.78, 5) is 1.21. The lowest BCUT2D eigenvalue weighted by Crippen LogP contribution is -2.24. The quantitative estimate of drug-likeness (QED) is 0.560. The molecule has 89 valence electrons. The van der Waals surface area contributed by atoms with Gasteiger partial charge in [-0.2, -0.15) is 0 Å². The van der Waals surface area contributed by atoms with Crippen molar-refractivity contribution in [2.24, 2.45) is 0 Å². The lowest BCUT2D eigenvalue weighted by atomic mass is 10.2. The second-order valence-electron chi connectivity index (χ2n) is 3.55. The Labute approximate surface area is 101 Å². The van der Waals surface area contributed by atoms with E-state index >= 15 is 0 Å². The molecule has 1 atom stereocenters. The number of thioether (sulfide) groups is 1. The van der Waals surface area contributed by atoms with Gasteiger partial charge in [-0.05, 0) is 25.1 Å². The van der Waals surface area contributed by atoms with Crippen molar-refractivity contribution in [3.63, 3.8) is 0 Å². The van der Waals surface area contributed by atoms with Gasteiger partial charge in [-0.25, -0.2) is 4.39 Å². The molecule has 0 spiro atoms. The van der Waals surface area contributed by atoms with E-state index in [4.69, 9.17) is 5.73 Å². The molecule has 0 saturated heterocycles. The van der Waals surface area contributed by atoms with E-state index in [0.29, 0.717) is 6.54 Å². The second-order valence-corrected chi connectivity index (χ2v) is 4.64. The minimum Gasteiger partial charge on any atom is -0.314 e. The number of benzene rings is 1. The van der Waals surface area contributed by atoms with Crippen LogP contribution >= 0.6 is 11.8 Å². The van der Waals surface area contributed by atoms with Crippen LogP contribution in [0.5, 0.6) is 0 Å². The maximum atomic E-state index is 11.8. The summed E-state index contributed by atoms with van der Waals surface area (Å²) >= 11 is 1.70. The topological polar surface area (TPSA) is 35.8 Å². The van der Waals surface area contributed by atoms with Crippen molar-refractivity contribution in [3.05, 3.63) is 30.3 Å². The predicted octanol–water partition coefficient (Wildman–Crippen LogP) is 2.38. The number of nitrogens with one attached hydrogen (secondary N) is 2. The molecule has 16 heavy (non-hydrogen) atoms. The van der Waals surface area contributed by atoms with Crippen molar-refractivity contribution >= 4 is 11.8 Å². The smallest absolute Gasteiger partial charge is 0.102 e. The van der Waals surface area contributed by atoms with Gasteiger partial charge in [0, 0.05) is 23.2 Å². The van der Waals surface area contributed by atoms with Crippen LogP contribution in [0.15, 0.2) is 35.2 Å². The number of alkyl halides is 1. The van der Waals surface area contributed by atoms with Gasteiger partial charge in [0.15, 0.2) is 0 Å². The molecule has 0 amide bonds. The Morgan fingerprint density at radius 1 is 1.25 bits per heavy atom. The minimum atomic E-state index is -0.332. The van der Waals surface area contributed by atoms with Gasteiger partial charge in [0.1, 0.15) is 6.67 Å². The molecule has 0 aliphatic carbocycles. The van der Waals surface area contributed by atoms with Crippen LogP contribution in [-0.4, -0.2) is 31.6 Å². The molecule has 2 N–H and O–H groups in total. The molecule has 1 aromatic rings. The van der Waals surface area contributed by atoms with Gasteiger partial charge in [-0.15, -0.1) is 11.8 Å². The summed E-state index contributed by atoms with van der Waals surface area (Å²) in [6, 6.07) is 10.0. The van der Waals surface area contributed by atoms with Crippen molar-refractivity contribution in [1.29, 1.82) is 0 Å². The number of hydrogen-bond acceptors (Lipinski definition) is 2. The molecule has 0 saturated carbocycles. The molecule has 1 rings (SSSR count). The Kier molecular flexibility index (Phi) is 7.21. The molecule has 1 aromatic carbocycles. The molecule has 0 unspecified atom stereocenters. The van der Waals surface area contributed by atoms with Crippen LogP contribution in [0.2, 0.25) is 0 Å². The van der Waals surface area contributed by atoms with Crippen LogP contribution in [-0.2, 0) is 0 Å². The maximum absolute atomic E-state index is 11.8. The van der Waals surface area contributed by atoms with Crippen LogP contribution in [0.4, 0.5) is 4.39 Å². The van der Waals surface area contributed by atoms with Gasteiger partial charge >= 0.3 is 0 Å². The normalized spacial score (nSPS) is 12.6. The molecule has 4 heteroatoms. The van der Waals surface area contributed by atoms with E-state index in [-0.39, 0.29) is 12.7 Å². The van der Waals surface area contributed by atoms with Gasteiger partial charge in [0.25, 0.3) is 0 Å². The zero-order valence-corrected chi connectivity index (χ0v) is 10.1. The van der Waals surface area contributed by atoms with Crippen molar-refractivity contribution in [1.82, 2.24) is 11.1 Å². The molecular weight excluding hydrogens is 223 g/mol. The first-order chi connectivity index (χ1) is 7.83. The summed E-state index contributed by atoms with van der Waals surface area (Å²) in [5.41, 5.74) is 7.80. The zero-order chi connectivity index (χ0) is 11.6. The van der Waals surface area contributed by atoms with Crippen molar-refractivity contribution in [2.75, 3.05) is 25.5 Å². The summed E-state index contributed by atoms with van der Waals surface area (Å²) in [5.74, 6) is 0.793. The molecule has 0 fully saturated rings. The Hall–Kier alpha value is -0.580. The summed E-state index contributed by atoms with van der Waals surface area (Å²) in [5, 5.41) is 2.96. The third-order valence-electron chi connectivity index (χ3n) is 2.14. The minimum absolute atomic E-state index is 0.0858. The van der Waals surface area contributed by atoms with Gasteiger partial charge < -0.3 is 5.32 Å². The monoisotopic (exact) mass is 241 g/mol. The van der Waals surface area contributed by atoms with E-state index in [0.717, 1.165) is 18.7 Å². The molecule has 0 aliphatic heterocycles. The molecular formula is C12H18FN2S. The van der Waals surface area contributed by atoms with Gasteiger partial charge in [-0.1, -0.05) is 18.2 Å².